The minimum Gasteiger partial charge on any atom is -0.321 e. The van der Waals surface area contributed by atoms with Crippen molar-refractivity contribution in [2.24, 2.45) is 0 Å². The molecule has 1 heterocycles. The number of nitrogens with zero attached hydrogens (tertiary/aromatic N) is 3. The molecule has 0 bridgehead atoms. The second-order valence-electron chi connectivity index (χ2n) is 8.39. The number of aryl methyl sites for hydroxylation is 1. The molecule has 3 rings (SSSR count). The first kappa shape index (κ1) is 22.4. The van der Waals surface area contributed by atoms with E-state index < -0.39 is 39.9 Å². The zero-order valence-electron chi connectivity index (χ0n) is 17.6. The number of carbonyl (C=O) groups is 3. The summed E-state index contributed by atoms with van der Waals surface area (Å²) in [7, 11) is 0. The number of hydrogen-bond donors (Lipinski definition) is 0. The van der Waals surface area contributed by atoms with Gasteiger partial charge in [-0.2, -0.15) is 0 Å². The Bertz CT molecular complexity index is 1080. The second kappa shape index (κ2) is 8.11. The highest BCUT2D eigenvalue weighted by Crippen LogP contribution is 2.32. The van der Waals surface area contributed by atoms with Gasteiger partial charge in [0.25, 0.3) is 17.5 Å². The van der Waals surface area contributed by atoms with E-state index in [1.54, 1.807) is 45.0 Å². The minimum absolute atomic E-state index is 0.0139. The molecule has 162 valence electrons. The molecule has 1 unspecified atom stereocenters. The molecule has 0 aliphatic carbocycles. The van der Waals surface area contributed by atoms with Gasteiger partial charge in [0.1, 0.15) is 11.1 Å². The van der Waals surface area contributed by atoms with Gasteiger partial charge in [-0.1, -0.05) is 29.3 Å². The largest absolute Gasteiger partial charge is 0.321 e. The average Bonchev–Trinajstić information content (AvgIpc) is 2.95. The van der Waals surface area contributed by atoms with Gasteiger partial charge in [-0.25, -0.2) is 4.90 Å². The van der Waals surface area contributed by atoms with E-state index >= 15 is 0 Å². The van der Waals surface area contributed by atoms with Crippen LogP contribution in [0.1, 0.15) is 43.1 Å². The molecule has 1 fully saturated rings. The van der Waals surface area contributed by atoms with Gasteiger partial charge in [0, 0.05) is 17.2 Å². The average molecular weight is 444 g/mol. The van der Waals surface area contributed by atoms with E-state index in [2.05, 4.69) is 0 Å². The molecule has 31 heavy (non-hydrogen) atoms. The molecule has 0 aromatic heterocycles. The summed E-state index contributed by atoms with van der Waals surface area (Å²) in [5.41, 5.74) is 0.188. The summed E-state index contributed by atoms with van der Waals surface area (Å²) in [5.74, 6) is -1.52. The molecule has 0 saturated carbocycles. The summed E-state index contributed by atoms with van der Waals surface area (Å²) in [5, 5.41) is 11.1. The van der Waals surface area contributed by atoms with Crippen molar-refractivity contribution in [2.45, 2.75) is 45.7 Å². The number of halogens is 1. The summed E-state index contributed by atoms with van der Waals surface area (Å²) >= 11 is 5.86. The van der Waals surface area contributed by atoms with Crippen LogP contribution in [0.4, 0.5) is 11.4 Å². The van der Waals surface area contributed by atoms with E-state index in [0.717, 1.165) is 16.5 Å². The van der Waals surface area contributed by atoms with Gasteiger partial charge in [0.15, 0.2) is 0 Å². The number of nitro benzene ring substituents is 1. The number of hydrogen-bond acceptors (Lipinski definition) is 5. The van der Waals surface area contributed by atoms with Gasteiger partial charge in [-0.05, 0) is 52.0 Å². The molecule has 0 radical (unpaired) electrons. The summed E-state index contributed by atoms with van der Waals surface area (Å²) in [6.07, 6.45) is -0.175. The molecule has 2 aromatic rings. The lowest BCUT2D eigenvalue weighted by molar-refractivity contribution is -0.384. The van der Waals surface area contributed by atoms with Crippen molar-refractivity contribution in [3.8, 4) is 0 Å². The zero-order chi connectivity index (χ0) is 23.1. The number of carbonyl (C=O) groups excluding carboxylic acids is 3. The Hall–Kier alpha value is -3.26. The Morgan fingerprint density at radius 1 is 1.16 bits per heavy atom. The molecule has 9 heteroatoms. The summed E-state index contributed by atoms with van der Waals surface area (Å²) < 4.78 is 0. The number of benzene rings is 2. The van der Waals surface area contributed by atoms with Crippen LogP contribution in [0.5, 0.6) is 0 Å². The van der Waals surface area contributed by atoms with Gasteiger partial charge in [0.05, 0.1) is 17.0 Å². The summed E-state index contributed by atoms with van der Waals surface area (Å²) in [6.45, 7) is 7.11. The van der Waals surface area contributed by atoms with Gasteiger partial charge in [-0.15, -0.1) is 0 Å². The highest BCUT2D eigenvalue weighted by molar-refractivity contribution is 6.32. The quantitative estimate of drug-likeness (QED) is 0.401. The second-order valence-corrected chi connectivity index (χ2v) is 8.80. The Morgan fingerprint density at radius 3 is 2.32 bits per heavy atom. The molecule has 1 aliphatic rings. The van der Waals surface area contributed by atoms with Crippen LogP contribution in [-0.4, -0.2) is 39.1 Å². The van der Waals surface area contributed by atoms with Crippen molar-refractivity contribution in [1.29, 1.82) is 0 Å². The number of amides is 3. The van der Waals surface area contributed by atoms with E-state index in [9.17, 15) is 24.5 Å². The fourth-order valence-electron chi connectivity index (χ4n) is 3.62. The monoisotopic (exact) mass is 443 g/mol. The first-order chi connectivity index (χ1) is 14.4. The molecule has 1 saturated heterocycles. The number of rotatable bonds is 4. The third kappa shape index (κ3) is 4.29. The lowest BCUT2D eigenvalue weighted by Gasteiger charge is -2.39. The third-order valence-corrected chi connectivity index (χ3v) is 5.38. The molecule has 0 spiro atoms. The first-order valence-corrected chi connectivity index (χ1v) is 10.0. The van der Waals surface area contributed by atoms with Crippen LogP contribution in [0.2, 0.25) is 5.02 Å². The van der Waals surface area contributed by atoms with Crippen LogP contribution >= 0.6 is 11.6 Å². The van der Waals surface area contributed by atoms with Crippen molar-refractivity contribution < 1.29 is 19.3 Å². The Labute approximate surface area is 184 Å². The SMILES string of the molecule is Cc1ccc(N2C(=O)CC(N(C(=O)c3ccc(Cl)c([N+](=O)[O-])c3)C(C)(C)C)C2=O)cc1. The topological polar surface area (TPSA) is 101 Å². The van der Waals surface area contributed by atoms with E-state index in [1.807, 2.05) is 6.92 Å². The number of nitro groups is 1. The minimum atomic E-state index is -1.03. The molecule has 2 aromatic carbocycles. The number of anilines is 1. The van der Waals surface area contributed by atoms with Crippen molar-refractivity contribution in [3.05, 3.63) is 68.7 Å². The van der Waals surface area contributed by atoms with E-state index in [0.29, 0.717) is 5.69 Å². The highest BCUT2D eigenvalue weighted by atomic mass is 35.5. The molecular formula is C22H22ClN3O5. The fraction of sp³-hybridized carbons (Fsp3) is 0.318. The molecule has 1 atom stereocenters. The lowest BCUT2D eigenvalue weighted by atomic mass is 9.99. The lowest BCUT2D eigenvalue weighted by Crippen LogP contribution is -2.54. The summed E-state index contributed by atoms with van der Waals surface area (Å²) in [4.78, 5) is 52.3. The predicted octanol–water partition coefficient (Wildman–Crippen LogP) is 4.13. The maximum atomic E-state index is 13.4. The zero-order valence-corrected chi connectivity index (χ0v) is 18.3. The van der Waals surface area contributed by atoms with E-state index in [1.165, 1.54) is 17.0 Å². The van der Waals surface area contributed by atoms with E-state index in [-0.39, 0.29) is 17.0 Å². The molecular weight excluding hydrogens is 422 g/mol. The van der Waals surface area contributed by atoms with Crippen LogP contribution in [0.25, 0.3) is 0 Å². The predicted molar refractivity (Wildman–Crippen MR) is 116 cm³/mol. The third-order valence-electron chi connectivity index (χ3n) is 5.06. The Kier molecular flexibility index (Phi) is 5.87. The molecule has 3 amide bonds. The molecule has 8 nitrogen and oxygen atoms in total. The smallest absolute Gasteiger partial charge is 0.288 e. The Morgan fingerprint density at radius 2 is 1.77 bits per heavy atom. The van der Waals surface area contributed by atoms with Gasteiger partial charge in [0.2, 0.25) is 5.91 Å². The maximum absolute atomic E-state index is 13.4. The fourth-order valence-corrected chi connectivity index (χ4v) is 3.81. The molecule has 1 aliphatic heterocycles. The molecule has 0 N–H and O–H groups in total. The van der Waals surface area contributed by atoms with Crippen molar-refractivity contribution in [2.75, 3.05) is 4.90 Å². The summed E-state index contributed by atoms with van der Waals surface area (Å²) in [6, 6.07) is 9.65. The van der Waals surface area contributed by atoms with Crippen LogP contribution in [0.3, 0.4) is 0 Å². The normalized spacial score (nSPS) is 16.5. The van der Waals surface area contributed by atoms with Crippen LogP contribution in [0.15, 0.2) is 42.5 Å². The van der Waals surface area contributed by atoms with E-state index in [4.69, 9.17) is 11.6 Å². The van der Waals surface area contributed by atoms with Crippen molar-refractivity contribution >= 4 is 40.7 Å². The first-order valence-electron chi connectivity index (χ1n) is 9.63. The van der Waals surface area contributed by atoms with Gasteiger partial charge < -0.3 is 4.90 Å². The van der Waals surface area contributed by atoms with Gasteiger partial charge >= 0.3 is 0 Å². The van der Waals surface area contributed by atoms with Crippen molar-refractivity contribution in [3.63, 3.8) is 0 Å². The standard InChI is InChI=1S/C22H22ClN3O5/c1-13-5-8-15(9-6-13)24-19(27)12-18(21(24)29)25(22(2,3)4)20(28)14-7-10-16(23)17(11-14)26(30)31/h5-11,18H,12H2,1-4H3. The van der Waals surface area contributed by atoms with Gasteiger partial charge in [-0.3, -0.25) is 24.5 Å². The maximum Gasteiger partial charge on any atom is 0.288 e. The van der Waals surface area contributed by atoms with Crippen LogP contribution in [-0.2, 0) is 9.59 Å². The highest BCUT2D eigenvalue weighted by Gasteiger charge is 2.47. The Balaban J connectivity index is 2.00. The van der Waals surface area contributed by atoms with Crippen LogP contribution in [0, 0.1) is 17.0 Å². The van der Waals surface area contributed by atoms with Crippen LogP contribution < -0.4 is 4.90 Å². The number of imide groups is 1. The van der Waals surface area contributed by atoms with Crippen molar-refractivity contribution in [1.82, 2.24) is 4.90 Å².